The van der Waals surface area contributed by atoms with Crippen LogP contribution in [0.4, 0.5) is 0 Å². The largest absolute Gasteiger partial charge is 0.456 e. The van der Waals surface area contributed by atoms with E-state index in [-0.39, 0.29) is 88.8 Å². The minimum absolute atomic E-state index is 0.0102. The van der Waals surface area contributed by atoms with Crippen molar-refractivity contribution in [1.29, 1.82) is 0 Å². The van der Waals surface area contributed by atoms with Gasteiger partial charge in [0.15, 0.2) is 0 Å². The van der Waals surface area contributed by atoms with Crippen LogP contribution in [0.15, 0.2) is 198 Å². The standard InChI is InChI=1S/C54H32N2OS/c1-2-12-36(13-3-1)55-47-18-8-4-14-38(47)43-28-33(22-25-49(43)55)34-23-26-50-44(29-34)39-15-5-9-19-48(39)56(50)37-31-42(54-46(32-37)41-17-7-11-21-53(41)58-54)35-24-27-52-45(30-35)40-16-6-10-20-51(40)57-52/h1-32H/i1D,2D,3D,6D,7D,10D,11D,12D,13D,16D,17D,20D,21D,24D,27D,30D,31D,32D. The summed E-state index contributed by atoms with van der Waals surface area (Å²) in [6.07, 6.45) is 0. The lowest BCUT2D eigenvalue weighted by molar-refractivity contribution is 0.669. The van der Waals surface area contributed by atoms with Gasteiger partial charge >= 0.3 is 0 Å². The van der Waals surface area contributed by atoms with Crippen LogP contribution in [0.3, 0.4) is 0 Å². The number of para-hydroxylation sites is 4. The van der Waals surface area contributed by atoms with Crippen molar-refractivity contribution in [3.8, 4) is 33.6 Å². The van der Waals surface area contributed by atoms with Crippen LogP contribution in [0.5, 0.6) is 0 Å². The van der Waals surface area contributed by atoms with Crippen molar-refractivity contribution in [3.05, 3.63) is 194 Å². The molecule has 4 aromatic heterocycles. The summed E-state index contributed by atoms with van der Waals surface area (Å²) in [5.74, 6) is 0. The average molecular weight is 775 g/mol. The second kappa shape index (κ2) is 12.1. The highest BCUT2D eigenvalue weighted by atomic mass is 32.1. The quantitative estimate of drug-likeness (QED) is 0.175. The Morgan fingerprint density at radius 1 is 0.414 bits per heavy atom. The highest BCUT2D eigenvalue weighted by Gasteiger charge is 2.20. The molecule has 0 atom stereocenters. The molecule has 0 aliphatic rings. The fraction of sp³-hybridized carbons (Fsp3) is 0. The lowest BCUT2D eigenvalue weighted by Crippen LogP contribution is -1.95. The normalized spacial score (nSPS) is 16.5. The minimum Gasteiger partial charge on any atom is -0.456 e. The van der Waals surface area contributed by atoms with E-state index >= 15 is 0 Å². The van der Waals surface area contributed by atoms with Gasteiger partial charge in [0.05, 0.1) is 46.7 Å². The summed E-state index contributed by atoms with van der Waals surface area (Å²) in [5, 5.41) is 2.51. The van der Waals surface area contributed by atoms with E-state index in [0.29, 0.717) is 32.8 Å². The first kappa shape index (κ1) is 19.2. The molecule has 0 unspecified atom stereocenters. The third-order valence-corrected chi connectivity index (χ3v) is 11.9. The van der Waals surface area contributed by atoms with Gasteiger partial charge in [-0.15, -0.1) is 11.3 Å². The molecule has 0 bridgehead atoms. The van der Waals surface area contributed by atoms with Crippen LogP contribution in [0.25, 0.3) is 119 Å². The summed E-state index contributed by atoms with van der Waals surface area (Å²) >= 11 is 0.859. The summed E-state index contributed by atoms with van der Waals surface area (Å²) in [7, 11) is 0. The smallest absolute Gasteiger partial charge is 0.135 e. The van der Waals surface area contributed by atoms with Gasteiger partial charge in [0.2, 0.25) is 0 Å². The van der Waals surface area contributed by atoms with Crippen molar-refractivity contribution in [2.75, 3.05) is 0 Å². The molecule has 0 radical (unpaired) electrons. The third-order valence-electron chi connectivity index (χ3n) is 10.8. The highest BCUT2D eigenvalue weighted by Crippen LogP contribution is 2.45. The zero-order chi connectivity index (χ0) is 53.6. The maximum absolute atomic E-state index is 10.2. The van der Waals surface area contributed by atoms with Crippen LogP contribution in [0, 0.1) is 0 Å². The predicted molar refractivity (Wildman–Crippen MR) is 246 cm³/mol. The van der Waals surface area contributed by atoms with Crippen molar-refractivity contribution in [2.45, 2.75) is 0 Å². The second-order valence-electron chi connectivity index (χ2n) is 13.9. The molecular formula is C54H32N2OS. The summed E-state index contributed by atoms with van der Waals surface area (Å²) in [6.45, 7) is 0. The fourth-order valence-electron chi connectivity index (χ4n) is 8.30. The van der Waals surface area contributed by atoms with Gasteiger partial charge in [-0.1, -0.05) is 109 Å². The number of hydrogen-bond acceptors (Lipinski definition) is 2. The van der Waals surface area contributed by atoms with E-state index in [2.05, 4.69) is 0 Å². The Balaban J connectivity index is 1.10. The molecule has 4 heterocycles. The molecule has 0 aliphatic carbocycles. The van der Waals surface area contributed by atoms with Gasteiger partial charge in [-0.3, -0.25) is 0 Å². The van der Waals surface area contributed by atoms with E-state index in [1.54, 1.807) is 21.3 Å². The Morgan fingerprint density at radius 2 is 1.02 bits per heavy atom. The highest BCUT2D eigenvalue weighted by molar-refractivity contribution is 7.26. The number of aromatic nitrogens is 2. The maximum atomic E-state index is 10.2. The molecule has 270 valence electrons. The number of benzene rings is 9. The number of fused-ring (bicyclic) bond motifs is 12. The second-order valence-corrected chi connectivity index (χ2v) is 14.9. The van der Waals surface area contributed by atoms with E-state index in [0.717, 1.165) is 33.2 Å². The molecule has 0 aliphatic heterocycles. The Bertz CT molecular complexity index is 4850. The zero-order valence-corrected chi connectivity index (χ0v) is 30.6. The summed E-state index contributed by atoms with van der Waals surface area (Å²) in [5.41, 5.74) is 2.65. The van der Waals surface area contributed by atoms with Gasteiger partial charge < -0.3 is 13.6 Å². The van der Waals surface area contributed by atoms with Crippen LogP contribution in [-0.2, 0) is 0 Å². The van der Waals surface area contributed by atoms with Gasteiger partial charge in [0, 0.05) is 69.4 Å². The number of nitrogens with zero attached hydrogens (tertiary/aromatic N) is 2. The first-order chi connectivity index (χ1) is 36.3. The van der Waals surface area contributed by atoms with Crippen LogP contribution in [0.1, 0.15) is 24.7 Å². The maximum Gasteiger partial charge on any atom is 0.135 e. The molecule has 4 heteroatoms. The molecule has 0 spiro atoms. The van der Waals surface area contributed by atoms with Crippen molar-refractivity contribution < 1.29 is 29.1 Å². The average Bonchev–Trinajstić information content (AvgIpc) is 4.28. The minimum atomic E-state index is -0.616. The van der Waals surface area contributed by atoms with Crippen LogP contribution in [0.2, 0.25) is 0 Å². The molecule has 13 rings (SSSR count). The van der Waals surface area contributed by atoms with Crippen LogP contribution in [-0.4, -0.2) is 9.13 Å². The number of thiophene rings is 1. The van der Waals surface area contributed by atoms with E-state index in [9.17, 15) is 8.22 Å². The summed E-state index contributed by atoms with van der Waals surface area (Å²) in [6, 6.07) is 17.4. The molecule has 0 amide bonds. The Kier molecular flexibility index (Phi) is 3.98. The van der Waals surface area contributed by atoms with Crippen molar-refractivity contribution in [3.63, 3.8) is 0 Å². The van der Waals surface area contributed by atoms with Crippen LogP contribution < -0.4 is 0 Å². The number of rotatable bonds is 4. The van der Waals surface area contributed by atoms with E-state index in [1.165, 1.54) is 0 Å². The van der Waals surface area contributed by atoms with E-state index in [4.69, 9.17) is 20.9 Å². The van der Waals surface area contributed by atoms with Crippen molar-refractivity contribution >= 4 is 97.1 Å². The first-order valence-corrected chi connectivity index (χ1v) is 19.1. The predicted octanol–water partition coefficient (Wildman–Crippen LogP) is 15.5. The topological polar surface area (TPSA) is 23.0 Å². The Hall–Kier alpha value is -7.40. The molecular weight excluding hydrogens is 725 g/mol. The lowest BCUT2D eigenvalue weighted by atomic mass is 9.99. The molecule has 13 aromatic rings. The molecule has 0 N–H and O–H groups in total. The Labute approximate surface area is 362 Å². The molecule has 9 aromatic carbocycles. The summed E-state index contributed by atoms with van der Waals surface area (Å²) < 4.78 is 171. The fourth-order valence-corrected chi connectivity index (χ4v) is 9.37. The van der Waals surface area contributed by atoms with E-state index in [1.807, 2.05) is 72.8 Å². The number of furan rings is 1. The van der Waals surface area contributed by atoms with Gasteiger partial charge in [-0.05, 0) is 101 Å². The third kappa shape index (κ3) is 4.55. The molecule has 3 nitrogen and oxygen atoms in total. The van der Waals surface area contributed by atoms with E-state index < -0.39 is 84.6 Å². The molecule has 58 heavy (non-hydrogen) atoms. The summed E-state index contributed by atoms with van der Waals surface area (Å²) in [4.78, 5) is 0. The van der Waals surface area contributed by atoms with Gasteiger partial charge in [0.25, 0.3) is 0 Å². The molecule has 0 fully saturated rings. The molecule has 0 saturated heterocycles. The van der Waals surface area contributed by atoms with Gasteiger partial charge in [-0.25, -0.2) is 0 Å². The monoisotopic (exact) mass is 774 g/mol. The van der Waals surface area contributed by atoms with Gasteiger partial charge in [-0.2, -0.15) is 0 Å². The first-order valence-electron chi connectivity index (χ1n) is 27.3. The Morgan fingerprint density at radius 3 is 1.76 bits per heavy atom. The number of hydrogen-bond donors (Lipinski definition) is 0. The zero-order valence-electron chi connectivity index (χ0n) is 47.8. The van der Waals surface area contributed by atoms with Crippen molar-refractivity contribution in [2.24, 2.45) is 0 Å². The van der Waals surface area contributed by atoms with Crippen molar-refractivity contribution in [1.82, 2.24) is 9.13 Å². The SMILES string of the molecule is [2H]c1c([2H])c([2H])c(-n2c3ccccc3c3cc(-c4ccc5c(c4)c4ccccc4n5-c4c([2H])c(-c5c([2H])c([2H])c6oc7c([2H])c([2H])c([2H])c([2H])c7c6c5[2H])c5sc6c([2H])c([2H])c([2H])c([2H])c6c5c4[2H])ccc32)c([2H])c1[2H]. The lowest BCUT2D eigenvalue weighted by Gasteiger charge is -2.13. The van der Waals surface area contributed by atoms with Crippen LogP contribution >= 0.6 is 11.3 Å². The molecule has 0 saturated carbocycles. The van der Waals surface area contributed by atoms with Gasteiger partial charge in [0.1, 0.15) is 11.2 Å².